The van der Waals surface area contributed by atoms with Crippen molar-refractivity contribution in [2.75, 3.05) is 13.7 Å². The first-order chi connectivity index (χ1) is 13.5. The molecule has 0 saturated carbocycles. The molecule has 146 valence electrons. The number of nitrogens with zero attached hydrogens (tertiary/aromatic N) is 1. The second-order valence-electron chi connectivity index (χ2n) is 6.25. The maximum Gasteiger partial charge on any atom is 0.329 e. The van der Waals surface area contributed by atoms with Crippen molar-refractivity contribution in [1.82, 2.24) is 10.2 Å². The molecule has 0 unspecified atom stereocenters. The van der Waals surface area contributed by atoms with E-state index in [0.29, 0.717) is 18.1 Å². The fourth-order valence-electron chi connectivity index (χ4n) is 2.82. The van der Waals surface area contributed by atoms with Crippen molar-refractivity contribution in [2.24, 2.45) is 0 Å². The molecule has 0 atom stereocenters. The summed E-state index contributed by atoms with van der Waals surface area (Å²) in [4.78, 5) is 26.1. The van der Waals surface area contributed by atoms with Crippen LogP contribution in [0.2, 0.25) is 0 Å². The zero-order valence-electron chi connectivity index (χ0n) is 15.7. The molecule has 3 rings (SSSR count). The number of halogens is 1. The van der Waals surface area contributed by atoms with Crippen molar-refractivity contribution in [3.8, 4) is 11.5 Å². The van der Waals surface area contributed by atoms with Gasteiger partial charge in [-0.05, 0) is 58.3 Å². The lowest BCUT2D eigenvalue weighted by Crippen LogP contribution is -2.30. The molecule has 3 amide bonds. The highest BCUT2D eigenvalue weighted by Crippen LogP contribution is 2.35. The lowest BCUT2D eigenvalue weighted by atomic mass is 10.1. The van der Waals surface area contributed by atoms with Gasteiger partial charge in [-0.2, -0.15) is 0 Å². The Kier molecular flexibility index (Phi) is 6.56. The average Bonchev–Trinajstić information content (AvgIpc) is 2.95. The quantitative estimate of drug-likeness (QED) is 0.358. The van der Waals surface area contributed by atoms with Crippen LogP contribution in [0, 0.1) is 3.57 Å². The molecule has 0 aromatic heterocycles. The van der Waals surface area contributed by atoms with Gasteiger partial charge in [0.1, 0.15) is 5.70 Å². The van der Waals surface area contributed by atoms with Crippen LogP contribution >= 0.6 is 22.6 Å². The van der Waals surface area contributed by atoms with Crippen molar-refractivity contribution in [2.45, 2.75) is 19.9 Å². The molecule has 2 aromatic rings. The van der Waals surface area contributed by atoms with Crippen LogP contribution in [0.15, 0.2) is 48.2 Å². The van der Waals surface area contributed by atoms with E-state index in [-0.39, 0.29) is 18.1 Å². The number of imide groups is 1. The van der Waals surface area contributed by atoms with E-state index in [9.17, 15) is 9.59 Å². The van der Waals surface area contributed by atoms with Crippen LogP contribution in [0.5, 0.6) is 11.5 Å². The highest BCUT2D eigenvalue weighted by molar-refractivity contribution is 14.1. The number of nitrogens with one attached hydrogen (secondary N) is 1. The summed E-state index contributed by atoms with van der Waals surface area (Å²) in [5, 5.41) is 2.65. The van der Waals surface area contributed by atoms with E-state index >= 15 is 0 Å². The van der Waals surface area contributed by atoms with E-state index in [2.05, 4.69) is 27.9 Å². The predicted octanol–water partition coefficient (Wildman–Crippen LogP) is 4.18. The Morgan fingerprint density at radius 3 is 2.61 bits per heavy atom. The van der Waals surface area contributed by atoms with Gasteiger partial charge in [-0.25, -0.2) is 4.79 Å². The minimum absolute atomic E-state index is 0.230. The summed E-state index contributed by atoms with van der Waals surface area (Å²) in [7, 11) is 1.57. The third-order valence-electron chi connectivity index (χ3n) is 4.16. The number of hydrogen-bond acceptors (Lipinski definition) is 4. The maximum atomic E-state index is 12.7. The third kappa shape index (κ3) is 4.46. The van der Waals surface area contributed by atoms with E-state index < -0.39 is 6.03 Å². The molecule has 28 heavy (non-hydrogen) atoms. The standard InChI is InChI=1S/C21H21IN2O4/c1-3-9-28-19-16(22)10-15(12-18(19)27-2)11-17-20(25)24(21(26)23-17)13-14-7-5-4-6-8-14/h4-8,10-12H,3,9,13H2,1-2H3,(H,23,26)/b17-11-. The van der Waals surface area contributed by atoms with Crippen LogP contribution in [-0.2, 0) is 11.3 Å². The van der Waals surface area contributed by atoms with Crippen LogP contribution in [0.1, 0.15) is 24.5 Å². The van der Waals surface area contributed by atoms with Gasteiger partial charge in [-0.3, -0.25) is 9.69 Å². The average molecular weight is 492 g/mol. The van der Waals surface area contributed by atoms with E-state index in [0.717, 1.165) is 21.1 Å². The molecular weight excluding hydrogens is 471 g/mol. The fraction of sp³-hybridized carbons (Fsp3) is 0.238. The summed E-state index contributed by atoms with van der Waals surface area (Å²) in [5.74, 6) is 0.916. The number of urea groups is 1. The molecule has 1 aliphatic heterocycles. The number of carbonyl (C=O) groups is 2. The fourth-order valence-corrected chi connectivity index (χ4v) is 3.60. The number of rotatable bonds is 7. The zero-order valence-corrected chi connectivity index (χ0v) is 17.9. The number of benzene rings is 2. The van der Waals surface area contributed by atoms with Crippen LogP contribution in [-0.4, -0.2) is 30.6 Å². The molecule has 1 fully saturated rings. The smallest absolute Gasteiger partial charge is 0.329 e. The molecule has 1 heterocycles. The maximum absolute atomic E-state index is 12.7. The van der Waals surface area contributed by atoms with Gasteiger partial charge in [0.05, 0.1) is 23.8 Å². The summed E-state index contributed by atoms with van der Waals surface area (Å²) in [5.41, 5.74) is 1.87. The predicted molar refractivity (Wildman–Crippen MR) is 115 cm³/mol. The molecular formula is C21H21IN2O4. The molecule has 1 N–H and O–H groups in total. The second kappa shape index (κ2) is 9.09. The zero-order chi connectivity index (χ0) is 20.1. The minimum atomic E-state index is -0.426. The Bertz CT molecular complexity index is 912. The van der Waals surface area contributed by atoms with Gasteiger partial charge in [0.15, 0.2) is 11.5 Å². The normalized spacial score (nSPS) is 15.1. The molecule has 0 radical (unpaired) electrons. The largest absolute Gasteiger partial charge is 0.493 e. The first-order valence-corrected chi connectivity index (χ1v) is 10.00. The second-order valence-corrected chi connectivity index (χ2v) is 7.41. The number of ether oxygens (including phenoxy) is 2. The first-order valence-electron chi connectivity index (χ1n) is 8.92. The monoisotopic (exact) mass is 492 g/mol. The number of carbonyl (C=O) groups excluding carboxylic acids is 2. The minimum Gasteiger partial charge on any atom is -0.493 e. The van der Waals surface area contributed by atoms with E-state index in [4.69, 9.17) is 9.47 Å². The Labute approximate surface area is 177 Å². The van der Waals surface area contributed by atoms with Crippen LogP contribution < -0.4 is 14.8 Å². The Morgan fingerprint density at radius 1 is 1.18 bits per heavy atom. The Morgan fingerprint density at radius 2 is 1.93 bits per heavy atom. The van der Waals surface area contributed by atoms with Crippen LogP contribution in [0.3, 0.4) is 0 Å². The molecule has 2 aromatic carbocycles. The molecule has 0 bridgehead atoms. The summed E-state index contributed by atoms with van der Waals surface area (Å²) < 4.78 is 12.1. The topological polar surface area (TPSA) is 67.9 Å². The molecule has 7 heteroatoms. The van der Waals surface area contributed by atoms with Gasteiger partial charge >= 0.3 is 6.03 Å². The lowest BCUT2D eigenvalue weighted by Gasteiger charge is -2.13. The van der Waals surface area contributed by atoms with Crippen molar-refractivity contribution in [3.63, 3.8) is 0 Å². The molecule has 1 saturated heterocycles. The lowest BCUT2D eigenvalue weighted by molar-refractivity contribution is -0.123. The Balaban J connectivity index is 1.84. The molecule has 6 nitrogen and oxygen atoms in total. The Hall–Kier alpha value is -2.55. The number of amides is 3. The van der Waals surface area contributed by atoms with Crippen molar-refractivity contribution >= 4 is 40.6 Å². The van der Waals surface area contributed by atoms with Gasteiger partial charge in [-0.1, -0.05) is 37.3 Å². The van der Waals surface area contributed by atoms with Crippen LogP contribution in [0.4, 0.5) is 4.79 Å². The summed E-state index contributed by atoms with van der Waals surface area (Å²) >= 11 is 2.17. The van der Waals surface area contributed by atoms with Gasteiger partial charge < -0.3 is 14.8 Å². The van der Waals surface area contributed by atoms with E-state index in [1.165, 1.54) is 4.90 Å². The molecule has 0 spiro atoms. The van der Waals surface area contributed by atoms with Gasteiger partial charge in [0.25, 0.3) is 5.91 Å². The van der Waals surface area contributed by atoms with Crippen molar-refractivity contribution in [3.05, 3.63) is 62.9 Å². The summed E-state index contributed by atoms with van der Waals surface area (Å²) in [6, 6.07) is 12.7. The molecule has 0 aliphatic carbocycles. The summed E-state index contributed by atoms with van der Waals surface area (Å²) in [6.07, 6.45) is 2.54. The first kappa shape index (κ1) is 20.2. The third-order valence-corrected chi connectivity index (χ3v) is 4.96. The van der Waals surface area contributed by atoms with E-state index in [1.54, 1.807) is 19.3 Å². The highest BCUT2D eigenvalue weighted by Gasteiger charge is 2.33. The van der Waals surface area contributed by atoms with Crippen molar-refractivity contribution in [1.29, 1.82) is 0 Å². The molecule has 1 aliphatic rings. The SMILES string of the molecule is CCCOc1c(I)cc(/C=C2\NC(=O)N(Cc3ccccc3)C2=O)cc1OC. The van der Waals surface area contributed by atoms with E-state index in [1.807, 2.05) is 43.3 Å². The highest BCUT2D eigenvalue weighted by atomic mass is 127. The van der Waals surface area contributed by atoms with Gasteiger partial charge in [-0.15, -0.1) is 0 Å². The number of hydrogen-bond donors (Lipinski definition) is 1. The van der Waals surface area contributed by atoms with Crippen molar-refractivity contribution < 1.29 is 19.1 Å². The van der Waals surface area contributed by atoms with Crippen LogP contribution in [0.25, 0.3) is 6.08 Å². The summed E-state index contributed by atoms with van der Waals surface area (Å²) in [6.45, 7) is 2.86. The number of methoxy groups -OCH3 is 1. The van der Waals surface area contributed by atoms with Gasteiger partial charge in [0, 0.05) is 0 Å². The van der Waals surface area contributed by atoms with Gasteiger partial charge in [0.2, 0.25) is 0 Å².